The maximum Gasteiger partial charge on any atom is 0.167 e. The maximum absolute atomic E-state index is 11.9. The van der Waals surface area contributed by atoms with E-state index in [2.05, 4.69) is 10.3 Å². The first-order valence-corrected chi connectivity index (χ1v) is 5.53. The fourth-order valence-electron chi connectivity index (χ4n) is 1.78. The fourth-order valence-corrected chi connectivity index (χ4v) is 1.78. The summed E-state index contributed by atoms with van der Waals surface area (Å²) in [6, 6.07) is 1.87. The van der Waals surface area contributed by atoms with E-state index in [0.29, 0.717) is 18.6 Å². The van der Waals surface area contributed by atoms with Crippen LogP contribution in [0.1, 0.15) is 22.3 Å². The van der Waals surface area contributed by atoms with Gasteiger partial charge in [-0.1, -0.05) is 0 Å². The normalized spacial score (nSPS) is 20.7. The lowest BCUT2D eigenvalue weighted by Gasteiger charge is -2.22. The van der Waals surface area contributed by atoms with E-state index < -0.39 is 0 Å². The van der Waals surface area contributed by atoms with Crippen LogP contribution in [0.15, 0.2) is 18.5 Å². The molecule has 0 amide bonds. The zero-order valence-electron chi connectivity index (χ0n) is 9.40. The Kier molecular flexibility index (Phi) is 3.64. The first-order valence-electron chi connectivity index (χ1n) is 5.53. The molecule has 4 nitrogen and oxygen atoms in total. The van der Waals surface area contributed by atoms with Gasteiger partial charge in [-0.15, -0.1) is 0 Å². The summed E-state index contributed by atoms with van der Waals surface area (Å²) in [5.41, 5.74) is 1.68. The van der Waals surface area contributed by atoms with E-state index in [9.17, 15) is 4.79 Å². The van der Waals surface area contributed by atoms with Gasteiger partial charge in [-0.2, -0.15) is 0 Å². The van der Waals surface area contributed by atoms with Crippen molar-refractivity contribution >= 4 is 5.78 Å². The third kappa shape index (κ3) is 2.87. The lowest BCUT2D eigenvalue weighted by Crippen LogP contribution is -2.39. The number of nitrogens with zero attached hydrogens (tertiary/aromatic N) is 1. The quantitative estimate of drug-likeness (QED) is 0.771. The fraction of sp³-hybridized carbons (Fsp3) is 0.500. The largest absolute Gasteiger partial charge is 0.375 e. The number of ether oxygens (including phenoxy) is 1. The van der Waals surface area contributed by atoms with E-state index >= 15 is 0 Å². The molecule has 1 atom stereocenters. The van der Waals surface area contributed by atoms with Crippen molar-refractivity contribution < 1.29 is 9.53 Å². The highest BCUT2D eigenvalue weighted by Crippen LogP contribution is 2.09. The van der Waals surface area contributed by atoms with E-state index in [0.717, 1.165) is 18.7 Å². The van der Waals surface area contributed by atoms with Crippen LogP contribution < -0.4 is 5.32 Å². The van der Waals surface area contributed by atoms with Crippen LogP contribution >= 0.6 is 0 Å². The van der Waals surface area contributed by atoms with Crippen LogP contribution in [0, 0.1) is 6.92 Å². The summed E-state index contributed by atoms with van der Waals surface area (Å²) in [6.07, 6.45) is 3.79. The Labute approximate surface area is 95.0 Å². The summed E-state index contributed by atoms with van der Waals surface area (Å²) in [5.74, 6) is 0.102. The van der Waals surface area contributed by atoms with Gasteiger partial charge < -0.3 is 10.1 Å². The van der Waals surface area contributed by atoms with Crippen LogP contribution in [-0.2, 0) is 4.74 Å². The molecule has 1 fully saturated rings. The highest BCUT2D eigenvalue weighted by molar-refractivity contribution is 5.96. The number of aromatic nitrogens is 1. The first-order chi connectivity index (χ1) is 7.75. The van der Waals surface area contributed by atoms with Crippen LogP contribution in [0.2, 0.25) is 0 Å². The summed E-state index contributed by atoms with van der Waals surface area (Å²) in [6.45, 7) is 4.24. The molecule has 4 heteroatoms. The van der Waals surface area contributed by atoms with Crippen molar-refractivity contribution in [2.45, 2.75) is 19.4 Å². The van der Waals surface area contributed by atoms with E-state index in [1.165, 1.54) is 0 Å². The first kappa shape index (κ1) is 11.2. The van der Waals surface area contributed by atoms with Crippen molar-refractivity contribution in [3.63, 3.8) is 0 Å². The molecule has 86 valence electrons. The number of rotatable bonds is 3. The van der Waals surface area contributed by atoms with Crippen molar-refractivity contribution in [2.75, 3.05) is 19.7 Å². The molecular formula is C12H16N2O2. The highest BCUT2D eigenvalue weighted by Gasteiger charge is 2.18. The van der Waals surface area contributed by atoms with Gasteiger partial charge in [-0.25, -0.2) is 0 Å². The number of pyridine rings is 1. The average molecular weight is 220 g/mol. The van der Waals surface area contributed by atoms with Gasteiger partial charge in [-0.3, -0.25) is 9.78 Å². The molecule has 1 unspecified atom stereocenters. The summed E-state index contributed by atoms with van der Waals surface area (Å²) in [7, 11) is 0. The maximum atomic E-state index is 11.9. The SMILES string of the molecule is Cc1cncc(C(=O)CC2CNCCO2)c1. The van der Waals surface area contributed by atoms with Gasteiger partial charge in [0.1, 0.15) is 0 Å². The molecule has 0 saturated carbocycles. The van der Waals surface area contributed by atoms with Gasteiger partial charge in [0.25, 0.3) is 0 Å². The van der Waals surface area contributed by atoms with Crippen LogP contribution in [0.5, 0.6) is 0 Å². The highest BCUT2D eigenvalue weighted by atomic mass is 16.5. The van der Waals surface area contributed by atoms with Crippen LogP contribution in [0.4, 0.5) is 0 Å². The summed E-state index contributed by atoms with van der Waals surface area (Å²) < 4.78 is 5.50. The minimum absolute atomic E-state index is 0.00163. The van der Waals surface area contributed by atoms with Crippen LogP contribution in [0.25, 0.3) is 0 Å². The van der Waals surface area contributed by atoms with Gasteiger partial charge >= 0.3 is 0 Å². The third-order valence-electron chi connectivity index (χ3n) is 2.61. The van der Waals surface area contributed by atoms with Gasteiger partial charge in [0, 0.05) is 37.5 Å². The topological polar surface area (TPSA) is 51.2 Å². The average Bonchev–Trinajstić information content (AvgIpc) is 2.30. The number of ketones is 1. The summed E-state index contributed by atoms with van der Waals surface area (Å²) in [5, 5.41) is 3.21. The molecular weight excluding hydrogens is 204 g/mol. The van der Waals surface area contributed by atoms with Crippen molar-refractivity contribution in [3.05, 3.63) is 29.6 Å². The second-order valence-corrected chi connectivity index (χ2v) is 4.08. The number of hydrogen-bond acceptors (Lipinski definition) is 4. The Bertz CT molecular complexity index is 373. The summed E-state index contributed by atoms with van der Waals surface area (Å²) in [4.78, 5) is 15.9. The van der Waals surface area contributed by atoms with E-state index in [-0.39, 0.29) is 11.9 Å². The molecule has 2 heterocycles. The van der Waals surface area contributed by atoms with E-state index in [4.69, 9.17) is 4.74 Å². The molecule has 0 spiro atoms. The molecule has 1 aliphatic heterocycles. The number of hydrogen-bond donors (Lipinski definition) is 1. The Morgan fingerprint density at radius 3 is 3.19 bits per heavy atom. The Morgan fingerprint density at radius 1 is 1.62 bits per heavy atom. The number of nitrogens with one attached hydrogen (secondary N) is 1. The standard InChI is InChI=1S/C12H16N2O2/c1-9-4-10(7-14-6-9)12(15)5-11-8-13-2-3-16-11/h4,6-7,11,13H,2-3,5,8H2,1H3. The molecule has 16 heavy (non-hydrogen) atoms. The van der Waals surface area contributed by atoms with Crippen molar-refractivity contribution in [1.82, 2.24) is 10.3 Å². The minimum atomic E-state index is 0.00163. The van der Waals surface area contributed by atoms with Gasteiger partial charge in [0.15, 0.2) is 5.78 Å². The van der Waals surface area contributed by atoms with E-state index in [1.807, 2.05) is 13.0 Å². The monoisotopic (exact) mass is 220 g/mol. The molecule has 1 aliphatic rings. The van der Waals surface area contributed by atoms with Crippen LogP contribution in [-0.4, -0.2) is 36.6 Å². The number of carbonyl (C=O) groups excluding carboxylic acids is 1. The van der Waals surface area contributed by atoms with Crippen LogP contribution in [0.3, 0.4) is 0 Å². The zero-order valence-corrected chi connectivity index (χ0v) is 9.40. The Balaban J connectivity index is 1.97. The minimum Gasteiger partial charge on any atom is -0.375 e. The molecule has 2 rings (SSSR count). The lowest BCUT2D eigenvalue weighted by atomic mass is 10.1. The molecule has 0 aliphatic carbocycles. The second kappa shape index (κ2) is 5.18. The molecule has 1 saturated heterocycles. The summed E-state index contributed by atoms with van der Waals surface area (Å²) >= 11 is 0. The molecule has 1 N–H and O–H groups in total. The number of carbonyl (C=O) groups is 1. The lowest BCUT2D eigenvalue weighted by molar-refractivity contribution is 0.0240. The Hall–Kier alpha value is -1.26. The zero-order chi connectivity index (χ0) is 11.4. The number of morpholine rings is 1. The van der Waals surface area contributed by atoms with E-state index in [1.54, 1.807) is 12.4 Å². The van der Waals surface area contributed by atoms with Gasteiger partial charge in [-0.05, 0) is 18.6 Å². The molecule has 0 aromatic carbocycles. The second-order valence-electron chi connectivity index (χ2n) is 4.08. The third-order valence-corrected chi connectivity index (χ3v) is 2.61. The predicted octanol–water partition coefficient (Wildman–Crippen LogP) is 0.951. The number of aryl methyl sites for hydroxylation is 1. The van der Waals surface area contributed by atoms with Gasteiger partial charge in [0.2, 0.25) is 0 Å². The number of Topliss-reactive ketones (excluding diaryl/α,β-unsaturated/α-hetero) is 1. The Morgan fingerprint density at radius 2 is 2.50 bits per heavy atom. The molecule has 1 aromatic rings. The molecule has 0 bridgehead atoms. The molecule has 0 radical (unpaired) electrons. The van der Waals surface area contributed by atoms with Crippen molar-refractivity contribution in [1.29, 1.82) is 0 Å². The molecule has 1 aromatic heterocycles. The van der Waals surface area contributed by atoms with Gasteiger partial charge in [0.05, 0.1) is 12.7 Å². The van der Waals surface area contributed by atoms with Crippen molar-refractivity contribution in [3.8, 4) is 0 Å². The smallest absolute Gasteiger partial charge is 0.167 e. The predicted molar refractivity (Wildman–Crippen MR) is 60.5 cm³/mol. The van der Waals surface area contributed by atoms with Crippen molar-refractivity contribution in [2.24, 2.45) is 0 Å².